The normalized spacial score (nSPS) is 18.3. The van der Waals surface area contributed by atoms with E-state index in [0.717, 1.165) is 32.1 Å². The van der Waals surface area contributed by atoms with E-state index >= 15 is 0 Å². The van der Waals surface area contributed by atoms with Crippen molar-refractivity contribution in [2.45, 2.75) is 58.3 Å². The molecule has 0 heterocycles. The van der Waals surface area contributed by atoms with Gasteiger partial charge >= 0.3 is 11.9 Å². The summed E-state index contributed by atoms with van der Waals surface area (Å²) in [5.74, 6) is -2.30. The van der Waals surface area contributed by atoms with Gasteiger partial charge < -0.3 is 14.9 Å². The Kier molecular flexibility index (Phi) is 7.97. The van der Waals surface area contributed by atoms with Crippen LogP contribution in [0.25, 0.3) is 0 Å². The highest BCUT2D eigenvalue weighted by Crippen LogP contribution is 2.26. The smallest absolute Gasteiger partial charge is 0.331 e. The van der Waals surface area contributed by atoms with E-state index in [-0.39, 0.29) is 18.2 Å². The molecular formula is C15H25NO7. The van der Waals surface area contributed by atoms with Crippen LogP contribution in [0, 0.1) is 11.8 Å². The van der Waals surface area contributed by atoms with Crippen molar-refractivity contribution in [3.05, 3.63) is 0 Å². The lowest BCUT2D eigenvalue weighted by atomic mass is 9.89. The van der Waals surface area contributed by atoms with E-state index in [9.17, 15) is 14.4 Å². The van der Waals surface area contributed by atoms with Crippen LogP contribution in [0.15, 0.2) is 0 Å². The minimum absolute atomic E-state index is 0.152. The Balaban J connectivity index is 2.70. The van der Waals surface area contributed by atoms with Crippen molar-refractivity contribution in [2.75, 3.05) is 6.61 Å². The maximum Gasteiger partial charge on any atom is 0.331 e. The molecule has 0 aromatic heterocycles. The number of hydrogen-bond donors (Lipinski definition) is 2. The molecule has 1 saturated carbocycles. The van der Waals surface area contributed by atoms with Gasteiger partial charge in [0.2, 0.25) is 12.7 Å². The Labute approximate surface area is 135 Å². The summed E-state index contributed by atoms with van der Waals surface area (Å²) in [5.41, 5.74) is 0. The van der Waals surface area contributed by atoms with Crippen LogP contribution in [0.1, 0.15) is 46.0 Å². The van der Waals surface area contributed by atoms with Gasteiger partial charge in [-0.3, -0.25) is 9.59 Å². The van der Waals surface area contributed by atoms with Crippen molar-refractivity contribution >= 4 is 18.3 Å². The molecule has 2 atom stereocenters. The molecule has 1 rings (SSSR count). The van der Waals surface area contributed by atoms with E-state index in [1.54, 1.807) is 13.8 Å². The van der Waals surface area contributed by atoms with Crippen LogP contribution >= 0.6 is 0 Å². The van der Waals surface area contributed by atoms with Gasteiger partial charge in [-0.2, -0.15) is 0 Å². The first kappa shape index (κ1) is 19.4. The number of hydroxylamine groups is 2. The second kappa shape index (κ2) is 9.46. The van der Waals surface area contributed by atoms with E-state index in [1.165, 1.54) is 0 Å². The van der Waals surface area contributed by atoms with Gasteiger partial charge in [-0.25, -0.2) is 14.7 Å². The summed E-state index contributed by atoms with van der Waals surface area (Å²) in [4.78, 5) is 39.4. The lowest BCUT2D eigenvalue weighted by Gasteiger charge is -2.30. The average Bonchev–Trinajstić information content (AvgIpc) is 2.53. The number of rotatable bonds is 9. The second-order valence-corrected chi connectivity index (χ2v) is 5.99. The van der Waals surface area contributed by atoms with Gasteiger partial charge in [0.15, 0.2) is 6.04 Å². The number of hydrogen-bond acceptors (Lipinski definition) is 6. The molecule has 0 aromatic rings. The fraction of sp³-hybridized carbons (Fsp3) is 0.800. The monoisotopic (exact) mass is 331 g/mol. The number of carboxylic acids is 1. The maximum atomic E-state index is 12.2. The van der Waals surface area contributed by atoms with Crippen molar-refractivity contribution in [3.63, 3.8) is 0 Å². The lowest BCUT2D eigenvalue weighted by Crippen LogP contribution is -2.47. The molecule has 2 N–H and O–H groups in total. The van der Waals surface area contributed by atoms with Gasteiger partial charge in [-0.05, 0) is 12.8 Å². The molecule has 1 aliphatic carbocycles. The quantitative estimate of drug-likeness (QED) is 0.279. The number of carbonyl (C=O) groups excluding carboxylic acids is 2. The topological polar surface area (TPSA) is 113 Å². The molecule has 0 spiro atoms. The van der Waals surface area contributed by atoms with Crippen LogP contribution < -0.4 is 0 Å². The third kappa shape index (κ3) is 5.80. The van der Waals surface area contributed by atoms with Crippen LogP contribution in [0.5, 0.6) is 0 Å². The number of esters is 1. The zero-order valence-electron chi connectivity index (χ0n) is 13.5. The summed E-state index contributed by atoms with van der Waals surface area (Å²) in [6.45, 7) is 2.63. The zero-order valence-corrected chi connectivity index (χ0v) is 13.5. The molecule has 132 valence electrons. The Hall–Kier alpha value is -1.67. The molecule has 23 heavy (non-hydrogen) atoms. The van der Waals surface area contributed by atoms with Crippen molar-refractivity contribution < 1.29 is 34.2 Å². The van der Waals surface area contributed by atoms with Gasteiger partial charge in [0, 0.05) is 5.92 Å². The number of aliphatic hydroxyl groups excluding tert-OH is 1. The fourth-order valence-electron chi connectivity index (χ4n) is 2.39. The average molecular weight is 331 g/mol. The van der Waals surface area contributed by atoms with Crippen LogP contribution in [-0.2, 0) is 24.0 Å². The number of amides is 1. The largest absolute Gasteiger partial charge is 0.480 e. The number of nitrogens with zero attached hydrogens (tertiary/aromatic N) is 1. The first-order valence-corrected chi connectivity index (χ1v) is 7.85. The van der Waals surface area contributed by atoms with Crippen LogP contribution in [0.4, 0.5) is 0 Å². The number of aliphatic hydroxyl groups is 1. The predicted octanol–water partition coefficient (Wildman–Crippen LogP) is 0.927. The number of aliphatic carboxylic acids is 1. The highest BCUT2D eigenvalue weighted by molar-refractivity contribution is 5.76. The summed E-state index contributed by atoms with van der Waals surface area (Å²) in [7, 11) is 0. The number of carboxylic acid groups (broad SMARTS) is 1. The Morgan fingerprint density at radius 1 is 1.26 bits per heavy atom. The molecular weight excluding hydrogens is 306 g/mol. The predicted molar refractivity (Wildman–Crippen MR) is 78.8 cm³/mol. The molecule has 1 amide bonds. The van der Waals surface area contributed by atoms with Crippen molar-refractivity contribution in [1.29, 1.82) is 0 Å². The molecule has 0 saturated heterocycles. The van der Waals surface area contributed by atoms with Gasteiger partial charge in [0.05, 0.1) is 12.5 Å². The number of ether oxygens (including phenoxy) is 1. The molecule has 0 aliphatic heterocycles. The molecule has 8 heteroatoms. The minimum Gasteiger partial charge on any atom is -0.480 e. The Morgan fingerprint density at radius 2 is 1.87 bits per heavy atom. The molecule has 0 aromatic carbocycles. The third-order valence-electron chi connectivity index (χ3n) is 3.81. The minimum atomic E-state index is -1.55. The second-order valence-electron chi connectivity index (χ2n) is 5.99. The standard InChI is InChI=1S/C15H25NO7/c1-10(2)15(22-14(21)11-6-4-3-5-7-11)23-16(9-18)12(8-17)13(19)20/h9-12,15,17H,3-8H2,1-2H3,(H,19,20)/t12-,15?/m1/s1. The number of carbonyl (C=O) groups is 3. The van der Waals surface area contributed by atoms with Crippen molar-refractivity contribution in [2.24, 2.45) is 11.8 Å². The van der Waals surface area contributed by atoms with E-state index in [4.69, 9.17) is 19.8 Å². The molecule has 1 fully saturated rings. The summed E-state index contributed by atoms with van der Waals surface area (Å²) in [6.07, 6.45) is 3.62. The van der Waals surface area contributed by atoms with Gasteiger partial charge in [0.25, 0.3) is 0 Å². The summed E-state index contributed by atoms with van der Waals surface area (Å²) >= 11 is 0. The van der Waals surface area contributed by atoms with E-state index in [1.807, 2.05) is 0 Å². The first-order chi connectivity index (χ1) is 10.9. The molecule has 0 bridgehead atoms. The van der Waals surface area contributed by atoms with Crippen LogP contribution in [-0.4, -0.2) is 52.6 Å². The summed E-state index contributed by atoms with van der Waals surface area (Å²) in [5, 5.41) is 18.5. The van der Waals surface area contributed by atoms with Gasteiger partial charge in [0.1, 0.15) is 0 Å². The van der Waals surface area contributed by atoms with E-state index in [2.05, 4.69) is 0 Å². The van der Waals surface area contributed by atoms with E-state index < -0.39 is 30.9 Å². The summed E-state index contributed by atoms with van der Waals surface area (Å²) in [6, 6.07) is -1.55. The first-order valence-electron chi connectivity index (χ1n) is 7.85. The molecule has 0 radical (unpaired) electrons. The molecule has 1 aliphatic rings. The molecule has 1 unspecified atom stereocenters. The van der Waals surface area contributed by atoms with Crippen LogP contribution in [0.3, 0.4) is 0 Å². The van der Waals surface area contributed by atoms with E-state index in [0.29, 0.717) is 5.06 Å². The molecule has 8 nitrogen and oxygen atoms in total. The van der Waals surface area contributed by atoms with Crippen molar-refractivity contribution in [1.82, 2.24) is 5.06 Å². The Morgan fingerprint density at radius 3 is 2.30 bits per heavy atom. The van der Waals surface area contributed by atoms with Gasteiger partial charge in [-0.1, -0.05) is 33.1 Å². The Bertz CT molecular complexity index is 407. The van der Waals surface area contributed by atoms with Crippen molar-refractivity contribution in [3.8, 4) is 0 Å². The SMILES string of the molecule is CC(C)C(OC(=O)C1CCCCC1)ON(C=O)[C@H](CO)C(=O)O. The zero-order chi connectivity index (χ0) is 17.4. The maximum absolute atomic E-state index is 12.2. The van der Waals surface area contributed by atoms with Crippen LogP contribution in [0.2, 0.25) is 0 Å². The summed E-state index contributed by atoms with van der Waals surface area (Å²) < 4.78 is 5.32. The fourth-order valence-corrected chi connectivity index (χ4v) is 2.39. The third-order valence-corrected chi connectivity index (χ3v) is 3.81. The lowest BCUT2D eigenvalue weighted by molar-refractivity contribution is -0.284. The highest BCUT2D eigenvalue weighted by atomic mass is 16.8. The van der Waals surface area contributed by atoms with Gasteiger partial charge in [-0.15, -0.1) is 0 Å². The highest BCUT2D eigenvalue weighted by Gasteiger charge is 2.32.